The fourth-order valence-corrected chi connectivity index (χ4v) is 2.61. The van der Waals surface area contributed by atoms with Crippen molar-refractivity contribution in [3.05, 3.63) is 53.7 Å². The van der Waals surface area contributed by atoms with Crippen LogP contribution in [0.4, 0.5) is 0 Å². The Kier molecular flexibility index (Phi) is 5.01. The predicted octanol–water partition coefficient (Wildman–Crippen LogP) is 3.17. The summed E-state index contributed by atoms with van der Waals surface area (Å²) in [6, 6.07) is 11.3. The smallest absolute Gasteiger partial charge is 0.340 e. The molecule has 5 heteroatoms. The van der Waals surface area contributed by atoms with E-state index in [-0.39, 0.29) is 5.97 Å². The number of thioether (sulfide) groups is 1. The first-order valence-electron chi connectivity index (χ1n) is 6.03. The number of esters is 1. The van der Waals surface area contributed by atoms with Crippen molar-refractivity contribution in [1.82, 2.24) is 4.98 Å². The SMILES string of the molecule is COC(=O)c1cccnc1SCc1cccc(OC)c1. The highest BCUT2D eigenvalue weighted by atomic mass is 32.2. The average Bonchev–Trinajstić information content (AvgIpc) is 2.52. The molecule has 0 aliphatic heterocycles. The number of methoxy groups -OCH3 is 2. The maximum Gasteiger partial charge on any atom is 0.340 e. The Hall–Kier alpha value is -2.01. The predicted molar refractivity (Wildman–Crippen MR) is 78.1 cm³/mol. The van der Waals surface area contributed by atoms with Crippen LogP contribution in [0.1, 0.15) is 15.9 Å². The summed E-state index contributed by atoms with van der Waals surface area (Å²) in [6.07, 6.45) is 1.67. The number of carbonyl (C=O) groups is 1. The maximum atomic E-state index is 11.7. The van der Waals surface area contributed by atoms with Crippen molar-refractivity contribution in [3.63, 3.8) is 0 Å². The van der Waals surface area contributed by atoms with Gasteiger partial charge in [-0.05, 0) is 29.8 Å². The van der Waals surface area contributed by atoms with E-state index >= 15 is 0 Å². The van der Waals surface area contributed by atoms with Gasteiger partial charge in [-0.25, -0.2) is 9.78 Å². The molecule has 0 unspecified atom stereocenters. The molecule has 0 saturated heterocycles. The van der Waals surface area contributed by atoms with Crippen molar-refractivity contribution in [3.8, 4) is 5.75 Å². The molecule has 0 amide bonds. The fraction of sp³-hybridized carbons (Fsp3) is 0.200. The first kappa shape index (κ1) is 14.4. The van der Waals surface area contributed by atoms with Gasteiger partial charge in [-0.3, -0.25) is 0 Å². The van der Waals surface area contributed by atoms with E-state index in [0.29, 0.717) is 16.3 Å². The Morgan fingerprint density at radius 3 is 2.85 bits per heavy atom. The van der Waals surface area contributed by atoms with Crippen LogP contribution in [0.25, 0.3) is 0 Å². The molecule has 0 saturated carbocycles. The van der Waals surface area contributed by atoms with Gasteiger partial charge in [0, 0.05) is 11.9 Å². The molecule has 4 nitrogen and oxygen atoms in total. The molecule has 20 heavy (non-hydrogen) atoms. The van der Waals surface area contributed by atoms with Gasteiger partial charge < -0.3 is 9.47 Å². The lowest BCUT2D eigenvalue weighted by Gasteiger charge is -2.07. The van der Waals surface area contributed by atoms with Gasteiger partial charge in [-0.2, -0.15) is 0 Å². The van der Waals surface area contributed by atoms with E-state index in [9.17, 15) is 4.79 Å². The van der Waals surface area contributed by atoms with Gasteiger partial charge in [0.05, 0.1) is 19.8 Å². The molecule has 2 aromatic rings. The van der Waals surface area contributed by atoms with Crippen LogP contribution in [0.3, 0.4) is 0 Å². The number of carbonyl (C=O) groups excluding carboxylic acids is 1. The van der Waals surface area contributed by atoms with Crippen molar-refractivity contribution in [2.24, 2.45) is 0 Å². The van der Waals surface area contributed by atoms with Crippen molar-refractivity contribution in [1.29, 1.82) is 0 Å². The number of benzene rings is 1. The van der Waals surface area contributed by atoms with Crippen LogP contribution >= 0.6 is 11.8 Å². The summed E-state index contributed by atoms with van der Waals surface area (Å²) >= 11 is 1.50. The van der Waals surface area contributed by atoms with Gasteiger partial charge >= 0.3 is 5.97 Å². The third-order valence-corrected chi connectivity index (χ3v) is 3.76. The Labute approximate surface area is 122 Å². The zero-order valence-corrected chi connectivity index (χ0v) is 12.1. The Morgan fingerprint density at radius 1 is 1.25 bits per heavy atom. The first-order valence-corrected chi connectivity index (χ1v) is 7.02. The molecule has 0 radical (unpaired) electrons. The summed E-state index contributed by atoms with van der Waals surface area (Å²) in [5.74, 6) is 1.15. The topological polar surface area (TPSA) is 48.4 Å². The summed E-state index contributed by atoms with van der Waals surface area (Å²) in [6.45, 7) is 0. The average molecular weight is 289 g/mol. The van der Waals surface area contributed by atoms with E-state index < -0.39 is 0 Å². The van der Waals surface area contributed by atoms with Crippen molar-refractivity contribution < 1.29 is 14.3 Å². The van der Waals surface area contributed by atoms with Crippen molar-refractivity contribution in [2.45, 2.75) is 10.8 Å². The molecule has 0 fully saturated rings. The number of rotatable bonds is 5. The van der Waals surface area contributed by atoms with Gasteiger partial charge in [0.25, 0.3) is 0 Å². The molecule has 0 spiro atoms. The molecule has 0 aliphatic rings. The van der Waals surface area contributed by atoms with Gasteiger partial charge in [-0.1, -0.05) is 12.1 Å². The Morgan fingerprint density at radius 2 is 2.10 bits per heavy atom. The number of aromatic nitrogens is 1. The van der Waals surface area contributed by atoms with Crippen LogP contribution in [-0.4, -0.2) is 25.2 Å². The standard InChI is InChI=1S/C15H15NO3S/c1-18-12-6-3-5-11(9-12)10-20-14-13(15(17)19-2)7-4-8-16-14/h3-9H,10H2,1-2H3. The highest BCUT2D eigenvalue weighted by Crippen LogP contribution is 2.26. The van der Waals surface area contributed by atoms with Crippen LogP contribution in [0.5, 0.6) is 5.75 Å². The normalized spacial score (nSPS) is 10.1. The lowest BCUT2D eigenvalue weighted by atomic mass is 10.2. The molecule has 0 atom stereocenters. The van der Waals surface area contributed by atoms with E-state index in [1.165, 1.54) is 18.9 Å². The Bertz CT molecular complexity index is 601. The fourth-order valence-electron chi connectivity index (χ4n) is 1.69. The molecular formula is C15H15NO3S. The molecule has 0 N–H and O–H groups in total. The van der Waals surface area contributed by atoms with E-state index in [2.05, 4.69) is 4.98 Å². The van der Waals surface area contributed by atoms with Crippen LogP contribution in [0, 0.1) is 0 Å². The molecule has 0 bridgehead atoms. The number of ether oxygens (including phenoxy) is 2. The maximum absolute atomic E-state index is 11.7. The van der Waals surface area contributed by atoms with E-state index in [0.717, 1.165) is 11.3 Å². The van der Waals surface area contributed by atoms with Crippen LogP contribution < -0.4 is 4.74 Å². The van der Waals surface area contributed by atoms with Gasteiger partial charge in [0.2, 0.25) is 0 Å². The number of pyridine rings is 1. The second kappa shape index (κ2) is 6.96. The zero-order chi connectivity index (χ0) is 14.4. The lowest BCUT2D eigenvalue weighted by molar-refractivity contribution is 0.0596. The molecule has 1 aromatic carbocycles. The minimum atomic E-state index is -0.369. The van der Waals surface area contributed by atoms with Crippen LogP contribution in [-0.2, 0) is 10.5 Å². The minimum absolute atomic E-state index is 0.369. The highest BCUT2D eigenvalue weighted by Gasteiger charge is 2.12. The van der Waals surface area contributed by atoms with Gasteiger partial charge in [0.15, 0.2) is 0 Å². The van der Waals surface area contributed by atoms with Crippen LogP contribution in [0.2, 0.25) is 0 Å². The molecule has 0 aliphatic carbocycles. The van der Waals surface area contributed by atoms with Crippen molar-refractivity contribution >= 4 is 17.7 Å². The second-order valence-electron chi connectivity index (χ2n) is 3.99. The second-order valence-corrected chi connectivity index (χ2v) is 4.95. The Balaban J connectivity index is 2.12. The van der Waals surface area contributed by atoms with Crippen LogP contribution in [0.15, 0.2) is 47.6 Å². The summed E-state index contributed by atoms with van der Waals surface area (Å²) < 4.78 is 9.94. The molecule has 2 rings (SSSR count). The number of hydrogen-bond donors (Lipinski definition) is 0. The minimum Gasteiger partial charge on any atom is -0.497 e. The molecular weight excluding hydrogens is 274 g/mol. The monoisotopic (exact) mass is 289 g/mol. The zero-order valence-electron chi connectivity index (χ0n) is 11.3. The summed E-state index contributed by atoms with van der Waals surface area (Å²) in [5, 5.41) is 0.669. The third-order valence-electron chi connectivity index (χ3n) is 2.69. The van der Waals surface area contributed by atoms with Crippen molar-refractivity contribution in [2.75, 3.05) is 14.2 Å². The van der Waals surface area contributed by atoms with Gasteiger partial charge in [-0.15, -0.1) is 11.8 Å². The molecule has 104 valence electrons. The summed E-state index contributed by atoms with van der Waals surface area (Å²) in [4.78, 5) is 15.9. The van der Waals surface area contributed by atoms with E-state index in [1.807, 2.05) is 24.3 Å². The first-order chi connectivity index (χ1) is 9.74. The van der Waals surface area contributed by atoms with E-state index in [4.69, 9.17) is 9.47 Å². The summed E-state index contributed by atoms with van der Waals surface area (Å²) in [5.41, 5.74) is 1.60. The quantitative estimate of drug-likeness (QED) is 0.625. The molecule has 1 aromatic heterocycles. The van der Waals surface area contributed by atoms with Gasteiger partial charge in [0.1, 0.15) is 10.8 Å². The lowest BCUT2D eigenvalue weighted by Crippen LogP contribution is -2.04. The summed E-state index contributed by atoms with van der Waals surface area (Å²) in [7, 11) is 3.01. The highest BCUT2D eigenvalue weighted by molar-refractivity contribution is 7.98. The van der Waals surface area contributed by atoms with E-state index in [1.54, 1.807) is 25.4 Å². The largest absolute Gasteiger partial charge is 0.497 e. The molecule has 1 heterocycles. The number of nitrogens with zero attached hydrogens (tertiary/aromatic N) is 1. The third kappa shape index (κ3) is 3.51. The number of hydrogen-bond acceptors (Lipinski definition) is 5.